The van der Waals surface area contributed by atoms with Crippen LogP contribution < -0.4 is 21.3 Å². The van der Waals surface area contributed by atoms with Crippen LogP contribution in [0.25, 0.3) is 0 Å². The van der Waals surface area contributed by atoms with Gasteiger partial charge in [0.2, 0.25) is 0 Å². The van der Waals surface area contributed by atoms with Crippen LogP contribution in [0.4, 0.5) is 15.9 Å². The second-order valence-electron chi connectivity index (χ2n) is 6.89. The first-order valence-electron chi connectivity index (χ1n) is 9.65. The van der Waals surface area contributed by atoms with E-state index in [2.05, 4.69) is 15.5 Å². The molecule has 33 heavy (non-hydrogen) atoms. The number of nitrogens with zero attached hydrogens (tertiary/aromatic N) is 3. The zero-order chi connectivity index (χ0) is 24.1. The second kappa shape index (κ2) is 10.6. The van der Waals surface area contributed by atoms with Gasteiger partial charge in [-0.05, 0) is 25.1 Å². The van der Waals surface area contributed by atoms with Crippen LogP contribution in [0.5, 0.6) is 5.75 Å². The SMILES string of the molecule is COCCn1cc(NC(=O)c2cc(OC(C)c3c(Cl)ccc(F)c3Cl)c(N)nn2)ccc1=O. The molecular formula is C21H20Cl2FN5O4. The molecule has 2 aromatic heterocycles. The number of hydrogen-bond donors (Lipinski definition) is 2. The van der Waals surface area contributed by atoms with E-state index in [4.69, 9.17) is 38.4 Å². The molecule has 0 bridgehead atoms. The van der Waals surface area contributed by atoms with Gasteiger partial charge in [-0.25, -0.2) is 4.39 Å². The highest BCUT2D eigenvalue weighted by Gasteiger charge is 2.21. The summed E-state index contributed by atoms with van der Waals surface area (Å²) in [5.41, 5.74) is 6.08. The van der Waals surface area contributed by atoms with Gasteiger partial charge in [-0.15, -0.1) is 10.2 Å². The first kappa shape index (κ1) is 24.4. The summed E-state index contributed by atoms with van der Waals surface area (Å²) in [6, 6.07) is 6.57. The molecule has 0 radical (unpaired) electrons. The third-order valence-electron chi connectivity index (χ3n) is 4.59. The molecule has 3 rings (SSSR count). The molecule has 1 amide bonds. The van der Waals surface area contributed by atoms with Gasteiger partial charge in [0.1, 0.15) is 11.9 Å². The van der Waals surface area contributed by atoms with Crippen molar-refractivity contribution in [2.75, 3.05) is 24.8 Å². The lowest BCUT2D eigenvalue weighted by molar-refractivity contribution is 0.102. The molecule has 1 unspecified atom stereocenters. The maximum absolute atomic E-state index is 13.9. The van der Waals surface area contributed by atoms with Gasteiger partial charge in [-0.2, -0.15) is 0 Å². The van der Waals surface area contributed by atoms with E-state index < -0.39 is 17.8 Å². The Morgan fingerprint density at radius 1 is 1.27 bits per heavy atom. The summed E-state index contributed by atoms with van der Waals surface area (Å²) in [4.78, 5) is 24.6. The van der Waals surface area contributed by atoms with E-state index in [1.54, 1.807) is 6.92 Å². The average molecular weight is 496 g/mol. The topological polar surface area (TPSA) is 121 Å². The number of carbonyl (C=O) groups excluding carboxylic acids is 1. The number of amides is 1. The zero-order valence-electron chi connectivity index (χ0n) is 17.6. The third kappa shape index (κ3) is 5.78. The van der Waals surface area contributed by atoms with Crippen LogP contribution in [0.15, 0.2) is 41.3 Å². The fourth-order valence-electron chi connectivity index (χ4n) is 2.92. The number of anilines is 2. The second-order valence-corrected chi connectivity index (χ2v) is 7.68. The number of pyridine rings is 1. The van der Waals surface area contributed by atoms with Gasteiger partial charge in [0, 0.05) is 42.6 Å². The lowest BCUT2D eigenvalue weighted by Gasteiger charge is -2.19. The number of nitrogens with one attached hydrogen (secondary N) is 1. The lowest BCUT2D eigenvalue weighted by Crippen LogP contribution is -2.22. The number of nitrogens with two attached hydrogens (primary N) is 1. The lowest BCUT2D eigenvalue weighted by atomic mass is 10.1. The first-order valence-corrected chi connectivity index (χ1v) is 10.4. The number of rotatable bonds is 8. The van der Waals surface area contributed by atoms with Crippen molar-refractivity contribution in [3.63, 3.8) is 0 Å². The van der Waals surface area contributed by atoms with E-state index in [9.17, 15) is 14.0 Å². The monoisotopic (exact) mass is 495 g/mol. The van der Waals surface area contributed by atoms with Crippen LogP contribution in [-0.4, -0.2) is 34.4 Å². The van der Waals surface area contributed by atoms with E-state index in [0.29, 0.717) is 18.8 Å². The predicted octanol–water partition coefficient (Wildman–Crippen LogP) is 3.71. The van der Waals surface area contributed by atoms with Crippen molar-refractivity contribution in [1.29, 1.82) is 0 Å². The van der Waals surface area contributed by atoms with Crippen molar-refractivity contribution >= 4 is 40.6 Å². The molecule has 174 valence electrons. The van der Waals surface area contributed by atoms with Gasteiger partial charge in [0.05, 0.1) is 17.3 Å². The molecule has 12 heteroatoms. The van der Waals surface area contributed by atoms with Crippen molar-refractivity contribution in [2.24, 2.45) is 0 Å². The molecule has 9 nitrogen and oxygen atoms in total. The largest absolute Gasteiger partial charge is 0.482 e. The van der Waals surface area contributed by atoms with Crippen molar-refractivity contribution < 1.29 is 18.7 Å². The maximum Gasteiger partial charge on any atom is 0.276 e. The molecule has 0 aliphatic heterocycles. The number of methoxy groups -OCH3 is 1. The van der Waals surface area contributed by atoms with Crippen molar-refractivity contribution in [3.8, 4) is 5.75 Å². The average Bonchev–Trinajstić information content (AvgIpc) is 2.78. The summed E-state index contributed by atoms with van der Waals surface area (Å²) < 4.78 is 26.0. The van der Waals surface area contributed by atoms with Crippen molar-refractivity contribution in [1.82, 2.24) is 14.8 Å². The van der Waals surface area contributed by atoms with Crippen LogP contribution in [0.2, 0.25) is 10.0 Å². The highest BCUT2D eigenvalue weighted by Crippen LogP contribution is 2.35. The Labute approximate surface area is 198 Å². The smallest absolute Gasteiger partial charge is 0.276 e. The summed E-state index contributed by atoms with van der Waals surface area (Å²) in [7, 11) is 1.52. The molecule has 2 heterocycles. The minimum absolute atomic E-state index is 0.0316. The molecule has 0 saturated heterocycles. The number of hydrogen-bond acceptors (Lipinski definition) is 7. The summed E-state index contributed by atoms with van der Waals surface area (Å²) >= 11 is 12.2. The normalized spacial score (nSPS) is 11.8. The van der Waals surface area contributed by atoms with Crippen LogP contribution >= 0.6 is 23.2 Å². The van der Waals surface area contributed by atoms with Crippen LogP contribution in [0, 0.1) is 5.82 Å². The Morgan fingerprint density at radius 2 is 2.03 bits per heavy atom. The minimum atomic E-state index is -0.813. The summed E-state index contributed by atoms with van der Waals surface area (Å²) in [5, 5.41) is 10.2. The third-order valence-corrected chi connectivity index (χ3v) is 5.30. The van der Waals surface area contributed by atoms with Gasteiger partial charge in [0.25, 0.3) is 11.5 Å². The highest BCUT2D eigenvalue weighted by molar-refractivity contribution is 6.36. The highest BCUT2D eigenvalue weighted by atomic mass is 35.5. The van der Waals surface area contributed by atoms with Crippen molar-refractivity contribution in [3.05, 3.63) is 74.0 Å². The number of halogens is 3. The maximum atomic E-state index is 13.9. The zero-order valence-corrected chi connectivity index (χ0v) is 19.2. The molecule has 1 aromatic carbocycles. The quantitative estimate of drug-likeness (QED) is 0.456. The molecule has 0 spiro atoms. The number of aromatic nitrogens is 3. The van der Waals surface area contributed by atoms with Crippen molar-refractivity contribution in [2.45, 2.75) is 19.6 Å². The fourth-order valence-corrected chi connectivity index (χ4v) is 3.60. The Kier molecular flexibility index (Phi) is 7.85. The van der Waals surface area contributed by atoms with E-state index >= 15 is 0 Å². The van der Waals surface area contributed by atoms with E-state index in [0.717, 1.165) is 6.07 Å². The number of nitrogen functional groups attached to an aromatic ring is 1. The summed E-state index contributed by atoms with van der Waals surface area (Å²) in [5.74, 6) is -1.32. The summed E-state index contributed by atoms with van der Waals surface area (Å²) in [6.45, 7) is 2.25. The molecule has 0 aliphatic carbocycles. The molecule has 3 N–H and O–H groups in total. The Bertz CT molecular complexity index is 1240. The molecule has 3 aromatic rings. The Hall–Kier alpha value is -3.21. The van der Waals surface area contributed by atoms with Gasteiger partial charge in [-0.1, -0.05) is 23.2 Å². The fraction of sp³-hybridized carbons (Fsp3) is 0.238. The minimum Gasteiger partial charge on any atom is -0.482 e. The molecular weight excluding hydrogens is 476 g/mol. The van der Waals surface area contributed by atoms with Gasteiger partial charge in [0.15, 0.2) is 17.3 Å². The van der Waals surface area contributed by atoms with Gasteiger partial charge in [-0.3, -0.25) is 9.59 Å². The first-order chi connectivity index (χ1) is 15.7. The van der Waals surface area contributed by atoms with E-state index in [-0.39, 0.29) is 38.4 Å². The van der Waals surface area contributed by atoms with Crippen LogP contribution in [-0.2, 0) is 11.3 Å². The number of carbonyl (C=O) groups is 1. The molecule has 0 fully saturated rings. The van der Waals surface area contributed by atoms with E-state index in [1.165, 1.54) is 42.1 Å². The predicted molar refractivity (Wildman–Crippen MR) is 122 cm³/mol. The van der Waals surface area contributed by atoms with E-state index in [1.807, 2.05) is 0 Å². The molecule has 1 atom stereocenters. The molecule has 0 aliphatic rings. The Morgan fingerprint density at radius 3 is 2.76 bits per heavy atom. The number of benzene rings is 1. The van der Waals surface area contributed by atoms with Gasteiger partial charge < -0.3 is 25.1 Å². The van der Waals surface area contributed by atoms with Crippen LogP contribution in [0.3, 0.4) is 0 Å². The van der Waals surface area contributed by atoms with Crippen LogP contribution in [0.1, 0.15) is 29.1 Å². The number of ether oxygens (including phenoxy) is 2. The standard InChI is InChI=1S/C21H20Cl2FN5O4/c1-11(18-13(22)4-5-14(24)19(18)23)33-16-9-15(27-28-20(16)25)21(31)26-12-3-6-17(30)29(10-12)7-8-32-2/h3-6,9-11H,7-8H2,1-2H3,(H2,25,28)(H,26,31). The molecule has 0 saturated carbocycles. The van der Waals surface area contributed by atoms with Gasteiger partial charge >= 0.3 is 0 Å². The Balaban J connectivity index is 1.81. The summed E-state index contributed by atoms with van der Waals surface area (Å²) in [6.07, 6.45) is 0.671.